The maximum Gasteiger partial charge on any atom is 0.325 e. The van der Waals surface area contributed by atoms with E-state index in [0.717, 1.165) is 10.0 Å². The van der Waals surface area contributed by atoms with Crippen molar-refractivity contribution in [3.05, 3.63) is 28.2 Å². The third kappa shape index (κ3) is 3.74. The van der Waals surface area contributed by atoms with Crippen LogP contribution in [0.15, 0.2) is 22.7 Å². The number of urea groups is 1. The van der Waals surface area contributed by atoms with Crippen molar-refractivity contribution in [1.82, 2.24) is 5.32 Å². The van der Waals surface area contributed by atoms with E-state index in [-0.39, 0.29) is 0 Å². The summed E-state index contributed by atoms with van der Waals surface area (Å²) in [6.45, 7) is 3.29. The zero-order valence-electron chi connectivity index (χ0n) is 9.45. The van der Waals surface area contributed by atoms with Gasteiger partial charge in [0.15, 0.2) is 0 Å². The lowest BCUT2D eigenvalue weighted by molar-refractivity contribution is -0.138. The lowest BCUT2D eigenvalue weighted by atomic mass is 10.2. The average Bonchev–Trinajstić information content (AvgIpc) is 2.24. The maximum atomic E-state index is 11.5. The van der Waals surface area contributed by atoms with Crippen molar-refractivity contribution in [3.63, 3.8) is 0 Å². The second kappa shape index (κ2) is 5.67. The molecule has 17 heavy (non-hydrogen) atoms. The minimum Gasteiger partial charge on any atom is -0.480 e. The van der Waals surface area contributed by atoms with Crippen LogP contribution in [-0.4, -0.2) is 23.1 Å². The number of carbonyl (C=O) groups is 2. The number of aryl methyl sites for hydroxylation is 1. The number of rotatable bonds is 3. The summed E-state index contributed by atoms with van der Waals surface area (Å²) in [5, 5.41) is 13.5. The van der Waals surface area contributed by atoms with Crippen LogP contribution < -0.4 is 10.6 Å². The van der Waals surface area contributed by atoms with Crippen molar-refractivity contribution < 1.29 is 14.7 Å². The minimum atomic E-state index is -1.08. The number of amides is 2. The van der Waals surface area contributed by atoms with E-state index in [2.05, 4.69) is 26.6 Å². The second-order valence-corrected chi connectivity index (χ2v) is 4.39. The van der Waals surface area contributed by atoms with Gasteiger partial charge in [-0.25, -0.2) is 4.79 Å². The zero-order valence-corrected chi connectivity index (χ0v) is 11.0. The highest BCUT2D eigenvalue weighted by Crippen LogP contribution is 2.25. The Morgan fingerprint density at radius 2 is 2.06 bits per heavy atom. The number of anilines is 1. The molecular formula is C11H13BrN2O3. The molecule has 0 spiro atoms. The lowest BCUT2D eigenvalue weighted by Crippen LogP contribution is -2.40. The van der Waals surface area contributed by atoms with Crippen LogP contribution in [-0.2, 0) is 4.79 Å². The molecule has 0 unspecified atom stereocenters. The topological polar surface area (TPSA) is 78.4 Å². The highest BCUT2D eigenvalue weighted by molar-refractivity contribution is 9.10. The predicted octanol–water partition coefficient (Wildman–Crippen LogP) is 2.35. The third-order valence-corrected chi connectivity index (χ3v) is 3.21. The molecule has 0 bridgehead atoms. The molecule has 2 amide bonds. The van der Waals surface area contributed by atoms with E-state index in [1.54, 1.807) is 12.1 Å². The van der Waals surface area contributed by atoms with E-state index in [9.17, 15) is 9.59 Å². The summed E-state index contributed by atoms with van der Waals surface area (Å²) in [6.07, 6.45) is 0. The van der Waals surface area contributed by atoms with Crippen LogP contribution in [0, 0.1) is 6.92 Å². The molecule has 1 rings (SSSR count). The van der Waals surface area contributed by atoms with Gasteiger partial charge in [0.1, 0.15) is 6.04 Å². The fourth-order valence-corrected chi connectivity index (χ4v) is 1.52. The van der Waals surface area contributed by atoms with Gasteiger partial charge in [-0.3, -0.25) is 4.79 Å². The van der Waals surface area contributed by atoms with Crippen molar-refractivity contribution in [1.29, 1.82) is 0 Å². The predicted molar refractivity (Wildman–Crippen MR) is 68.1 cm³/mol. The molecule has 1 aromatic rings. The van der Waals surface area contributed by atoms with Crippen molar-refractivity contribution in [3.8, 4) is 0 Å². The summed E-state index contributed by atoms with van der Waals surface area (Å²) < 4.78 is 0.776. The van der Waals surface area contributed by atoms with Crippen molar-refractivity contribution in [2.45, 2.75) is 19.9 Å². The maximum absolute atomic E-state index is 11.5. The van der Waals surface area contributed by atoms with E-state index in [1.165, 1.54) is 6.92 Å². The zero-order chi connectivity index (χ0) is 13.0. The smallest absolute Gasteiger partial charge is 0.325 e. The van der Waals surface area contributed by atoms with E-state index in [0.29, 0.717) is 5.69 Å². The van der Waals surface area contributed by atoms with Crippen molar-refractivity contribution in [2.75, 3.05) is 5.32 Å². The Bertz CT molecular complexity index is 448. The number of aliphatic carboxylic acids is 1. The van der Waals surface area contributed by atoms with E-state index in [1.807, 2.05) is 13.0 Å². The first-order valence-electron chi connectivity index (χ1n) is 4.97. The average molecular weight is 301 g/mol. The second-order valence-electron chi connectivity index (χ2n) is 3.59. The Kier molecular flexibility index (Phi) is 4.51. The SMILES string of the molecule is Cc1cccc(NC(=O)N[C@H](C)C(=O)O)c1Br. The quantitative estimate of drug-likeness (QED) is 0.802. The summed E-state index contributed by atoms with van der Waals surface area (Å²) in [7, 11) is 0. The third-order valence-electron chi connectivity index (χ3n) is 2.16. The van der Waals surface area contributed by atoms with Gasteiger partial charge < -0.3 is 15.7 Å². The first-order chi connectivity index (χ1) is 7.91. The summed E-state index contributed by atoms with van der Waals surface area (Å²) in [5.41, 5.74) is 1.58. The molecule has 1 aromatic carbocycles. The van der Waals surface area contributed by atoms with Crippen LogP contribution in [0.25, 0.3) is 0 Å². The standard InChI is InChI=1S/C11H13BrN2O3/c1-6-4-3-5-8(9(6)12)14-11(17)13-7(2)10(15)16/h3-5,7H,1-2H3,(H,15,16)(H2,13,14,17)/t7-/m1/s1. The van der Waals surface area contributed by atoms with Gasteiger partial charge >= 0.3 is 12.0 Å². The Morgan fingerprint density at radius 3 is 2.65 bits per heavy atom. The number of carboxylic acid groups (broad SMARTS) is 1. The van der Waals surface area contributed by atoms with E-state index in [4.69, 9.17) is 5.11 Å². The van der Waals surface area contributed by atoms with E-state index >= 15 is 0 Å². The lowest BCUT2D eigenvalue weighted by Gasteiger charge is -2.12. The molecule has 0 saturated heterocycles. The molecule has 0 aromatic heterocycles. The van der Waals surface area contributed by atoms with Crippen LogP contribution in [0.2, 0.25) is 0 Å². The highest BCUT2D eigenvalue weighted by atomic mass is 79.9. The number of benzene rings is 1. The number of halogens is 1. The summed E-state index contributed by atoms with van der Waals surface area (Å²) in [5.74, 6) is -1.08. The molecule has 0 heterocycles. The van der Waals surface area contributed by atoms with Gasteiger partial charge in [0.25, 0.3) is 0 Å². The molecule has 0 aliphatic heterocycles. The van der Waals surface area contributed by atoms with Gasteiger partial charge in [-0.05, 0) is 41.4 Å². The molecule has 5 nitrogen and oxygen atoms in total. The summed E-state index contributed by atoms with van der Waals surface area (Å²) >= 11 is 3.35. The van der Waals surface area contributed by atoms with Crippen LogP contribution in [0.3, 0.4) is 0 Å². The van der Waals surface area contributed by atoms with Gasteiger partial charge in [0.05, 0.1) is 5.69 Å². The normalized spacial score (nSPS) is 11.7. The Hall–Kier alpha value is -1.56. The van der Waals surface area contributed by atoms with Gasteiger partial charge in [-0.15, -0.1) is 0 Å². The van der Waals surface area contributed by atoms with Crippen molar-refractivity contribution >= 4 is 33.6 Å². The van der Waals surface area contributed by atoms with Gasteiger partial charge in [0.2, 0.25) is 0 Å². The molecule has 6 heteroatoms. The van der Waals surface area contributed by atoms with E-state index < -0.39 is 18.0 Å². The van der Waals surface area contributed by atoms with Crippen LogP contribution >= 0.6 is 15.9 Å². The molecule has 0 aliphatic rings. The number of nitrogens with one attached hydrogen (secondary N) is 2. The molecule has 0 saturated carbocycles. The molecule has 92 valence electrons. The van der Waals surface area contributed by atoms with Crippen LogP contribution in [0.1, 0.15) is 12.5 Å². The van der Waals surface area contributed by atoms with Gasteiger partial charge in [0, 0.05) is 4.47 Å². The largest absolute Gasteiger partial charge is 0.480 e. The molecule has 3 N–H and O–H groups in total. The number of hydrogen-bond donors (Lipinski definition) is 3. The van der Waals surface area contributed by atoms with Gasteiger partial charge in [-0.1, -0.05) is 12.1 Å². The number of carboxylic acids is 1. The summed E-state index contributed by atoms with van der Waals surface area (Å²) in [4.78, 5) is 22.0. The number of hydrogen-bond acceptors (Lipinski definition) is 2. The van der Waals surface area contributed by atoms with Crippen LogP contribution in [0.4, 0.5) is 10.5 Å². The Morgan fingerprint density at radius 1 is 1.41 bits per heavy atom. The minimum absolute atomic E-state index is 0.550. The van der Waals surface area contributed by atoms with Gasteiger partial charge in [-0.2, -0.15) is 0 Å². The fraction of sp³-hybridized carbons (Fsp3) is 0.273. The Balaban J connectivity index is 2.69. The molecule has 0 aliphatic carbocycles. The molecular weight excluding hydrogens is 288 g/mol. The first kappa shape index (κ1) is 13.5. The molecule has 1 atom stereocenters. The Labute approximate surface area is 107 Å². The summed E-state index contributed by atoms with van der Waals surface area (Å²) in [6, 6.07) is 3.94. The van der Waals surface area contributed by atoms with Crippen LogP contribution in [0.5, 0.6) is 0 Å². The molecule has 0 radical (unpaired) electrons. The fourth-order valence-electron chi connectivity index (χ4n) is 1.16. The number of carbonyl (C=O) groups excluding carboxylic acids is 1. The first-order valence-corrected chi connectivity index (χ1v) is 5.76. The highest BCUT2D eigenvalue weighted by Gasteiger charge is 2.14. The van der Waals surface area contributed by atoms with Crippen molar-refractivity contribution in [2.24, 2.45) is 0 Å². The molecule has 0 fully saturated rings. The monoisotopic (exact) mass is 300 g/mol.